The van der Waals surface area contributed by atoms with Crippen molar-refractivity contribution in [2.45, 2.75) is 138 Å². The van der Waals surface area contributed by atoms with Gasteiger partial charge in [0.15, 0.2) is 0 Å². The molecule has 5 heteroatoms. The number of nitrogens with zero attached hydrogens (tertiary/aromatic N) is 2. The molecule has 0 atom stereocenters. The smallest absolute Gasteiger partial charge is 0.130 e. The van der Waals surface area contributed by atoms with Gasteiger partial charge in [-0.15, -0.1) is 0 Å². The molecular weight excluding hydrogens is 794 g/mol. The molecule has 0 amide bonds. The van der Waals surface area contributed by atoms with E-state index in [9.17, 15) is 13.2 Å². The van der Waals surface area contributed by atoms with Crippen LogP contribution in [0, 0.1) is 17.5 Å². The van der Waals surface area contributed by atoms with E-state index in [1.165, 1.54) is 55.8 Å². The van der Waals surface area contributed by atoms with E-state index in [-0.39, 0.29) is 25.1 Å². The normalized spacial score (nSPS) is 13.7. The number of aliphatic imine (C=N–C) groups is 2. The van der Waals surface area contributed by atoms with Gasteiger partial charge in [-0.25, -0.2) is 13.2 Å². The monoisotopic (exact) mass is 863 g/mol. The van der Waals surface area contributed by atoms with E-state index in [2.05, 4.69) is 124 Å². The molecule has 0 unspecified atom stereocenters. The van der Waals surface area contributed by atoms with E-state index in [0.717, 1.165) is 48.6 Å². The Morgan fingerprint density at radius 1 is 0.484 bits per heavy atom. The number of halogens is 3. The molecule has 3 aliphatic carbocycles. The van der Waals surface area contributed by atoms with E-state index in [0.29, 0.717) is 35.3 Å². The second-order valence-electron chi connectivity index (χ2n) is 18.5. The lowest BCUT2D eigenvalue weighted by molar-refractivity contribution is 0.558. The number of hydrogen-bond acceptors (Lipinski definition) is 2. The summed E-state index contributed by atoms with van der Waals surface area (Å²) in [5, 5.41) is 0. The zero-order valence-electron chi connectivity index (χ0n) is 39.0. The van der Waals surface area contributed by atoms with E-state index >= 15 is 0 Å². The zero-order chi connectivity index (χ0) is 45.4. The highest BCUT2D eigenvalue weighted by Gasteiger charge is 2.21. The molecule has 0 radical (unpaired) electrons. The summed E-state index contributed by atoms with van der Waals surface area (Å²) in [6, 6.07) is 24.3. The van der Waals surface area contributed by atoms with Gasteiger partial charge in [-0.3, -0.25) is 9.98 Å². The third-order valence-corrected chi connectivity index (χ3v) is 12.2. The molecule has 0 N–H and O–H groups in total. The van der Waals surface area contributed by atoms with Crippen molar-refractivity contribution < 1.29 is 13.2 Å². The molecule has 0 fully saturated rings. The molecule has 0 spiro atoms. The Bertz CT molecular complexity index is 2490. The molecule has 5 aromatic rings. The van der Waals surface area contributed by atoms with Gasteiger partial charge in [0.1, 0.15) is 17.5 Å². The van der Waals surface area contributed by atoms with Crippen LogP contribution in [0.2, 0.25) is 0 Å². The van der Waals surface area contributed by atoms with Gasteiger partial charge < -0.3 is 0 Å². The second-order valence-corrected chi connectivity index (χ2v) is 18.5. The first-order valence-electron chi connectivity index (χ1n) is 22.9. The van der Waals surface area contributed by atoms with E-state index in [4.69, 9.17) is 0 Å². The zero-order valence-corrected chi connectivity index (χ0v) is 39.0. The first-order chi connectivity index (χ1) is 30.1. The molecule has 64 heavy (non-hydrogen) atoms. The molecule has 10 rings (SSSR count). The van der Waals surface area contributed by atoms with Crippen molar-refractivity contribution >= 4 is 36.3 Å². The van der Waals surface area contributed by atoms with Crippen LogP contribution in [0.4, 0.5) is 18.9 Å². The summed E-state index contributed by atoms with van der Waals surface area (Å²) in [4.78, 5) is 8.54. The van der Waals surface area contributed by atoms with Crippen LogP contribution in [0.1, 0.15) is 184 Å². The summed E-state index contributed by atoms with van der Waals surface area (Å²) >= 11 is 0. The fourth-order valence-corrected chi connectivity index (χ4v) is 8.67. The molecule has 2 aliphatic heterocycles. The Morgan fingerprint density at radius 3 is 1.72 bits per heavy atom. The van der Waals surface area contributed by atoms with Crippen LogP contribution in [0.25, 0.3) is 18.2 Å². The molecule has 0 saturated heterocycles. The van der Waals surface area contributed by atoms with E-state index in [1.54, 1.807) is 6.07 Å². The van der Waals surface area contributed by atoms with Gasteiger partial charge >= 0.3 is 0 Å². The molecule has 5 aromatic carbocycles. The van der Waals surface area contributed by atoms with Crippen LogP contribution < -0.4 is 0 Å². The van der Waals surface area contributed by atoms with Crippen LogP contribution in [-0.2, 0) is 32.2 Å². The summed E-state index contributed by atoms with van der Waals surface area (Å²) in [6.45, 7) is 22.1. The minimum atomic E-state index is -0.428. The summed E-state index contributed by atoms with van der Waals surface area (Å²) in [6.07, 6.45) is 19.9. The molecule has 2 nitrogen and oxygen atoms in total. The van der Waals surface area contributed by atoms with Crippen LogP contribution >= 0.6 is 0 Å². The maximum atomic E-state index is 13.5. The lowest BCUT2D eigenvalue weighted by Gasteiger charge is -2.13. The van der Waals surface area contributed by atoms with Crippen LogP contribution in [0.5, 0.6) is 0 Å². The third kappa shape index (κ3) is 11.8. The molecule has 0 bridgehead atoms. The molecule has 5 aliphatic rings. The number of benzene rings is 5. The third-order valence-electron chi connectivity index (χ3n) is 12.2. The van der Waals surface area contributed by atoms with Gasteiger partial charge in [0.2, 0.25) is 0 Å². The summed E-state index contributed by atoms with van der Waals surface area (Å²) in [7, 11) is 0. The SMILES string of the molecule is C.CC(C)c1c(F)cc(F)c2c1C=CC2.CC(C)c1c(F)ccc2c1C=CC2.CC(C)c1ccc2c(c1)C=NC2.CC(C)c1ccc2c(c1)N=CC2.CC(C)c1cccc2c1C=CC2. The number of hydrogen-bond donors (Lipinski definition) is 0. The number of fused-ring (bicyclic) bond motifs is 5. The highest BCUT2D eigenvalue weighted by atomic mass is 19.1. The highest BCUT2D eigenvalue weighted by Crippen LogP contribution is 2.34. The Morgan fingerprint density at radius 2 is 1.06 bits per heavy atom. The van der Waals surface area contributed by atoms with Crippen molar-refractivity contribution in [3.05, 3.63) is 186 Å². The lowest BCUT2D eigenvalue weighted by Crippen LogP contribution is -2.01. The number of allylic oxidation sites excluding steroid dienone is 3. The van der Waals surface area contributed by atoms with E-state index in [1.807, 2.05) is 64.4 Å². The van der Waals surface area contributed by atoms with Gasteiger partial charge in [0.05, 0.1) is 12.2 Å². The lowest BCUT2D eigenvalue weighted by atomic mass is 9.94. The largest absolute Gasteiger partial charge is 0.288 e. The first kappa shape index (κ1) is 49.5. The minimum Gasteiger partial charge on any atom is -0.288 e. The Hall–Kier alpha value is -5.55. The van der Waals surface area contributed by atoms with Crippen molar-refractivity contribution in [1.82, 2.24) is 0 Å². The fourth-order valence-electron chi connectivity index (χ4n) is 8.67. The topological polar surface area (TPSA) is 24.7 Å². The van der Waals surface area contributed by atoms with Crippen molar-refractivity contribution in [1.29, 1.82) is 0 Å². The molecule has 336 valence electrons. The summed E-state index contributed by atoms with van der Waals surface area (Å²) < 4.78 is 40.3. The fraction of sp³-hybridized carbons (Fsp3) is 0.356. The minimum absolute atomic E-state index is 0. The Labute approximate surface area is 382 Å². The predicted octanol–water partition coefficient (Wildman–Crippen LogP) is 17.0. The summed E-state index contributed by atoms with van der Waals surface area (Å²) in [5.74, 6) is 1.29. The maximum absolute atomic E-state index is 13.5. The Kier molecular flexibility index (Phi) is 17.3. The highest BCUT2D eigenvalue weighted by molar-refractivity contribution is 5.84. The van der Waals surface area contributed by atoms with Crippen molar-refractivity contribution in [2.24, 2.45) is 9.98 Å². The Balaban J connectivity index is 0.000000150. The summed E-state index contributed by atoms with van der Waals surface area (Å²) in [5.41, 5.74) is 17.7. The van der Waals surface area contributed by atoms with Crippen LogP contribution in [0.3, 0.4) is 0 Å². The molecule has 0 saturated carbocycles. The molecule has 2 heterocycles. The van der Waals surface area contributed by atoms with Crippen molar-refractivity contribution in [3.63, 3.8) is 0 Å². The quantitative estimate of drug-likeness (QED) is 0.168. The van der Waals surface area contributed by atoms with Gasteiger partial charge in [-0.1, -0.05) is 162 Å². The standard InChI is InChI=1S/C12H12F2.C12H13F.C12H14.2C11H13N.CH4/c1-7(2)12-9-5-3-4-8(9)10(13)6-11(12)14;1-8(2)12-10-5-3-4-9(10)6-7-11(12)13;1-9(2)11-7-3-5-10-6-4-8-12(10)11;1-8(2)9-3-4-10-6-12-7-11(10)5-9;1-8(2)10-4-3-9-5-6-12-11(9)7-10;/h3,5-7H,4H2,1-2H3;3,5-8H,4H2,1-2H3;3-5,7-9H,6H2,1-2H3;3-5,7-8H,6H2,1-2H3;3-4,6-8H,5H2,1-2H3;1H4. The van der Waals surface area contributed by atoms with Crippen LogP contribution in [-0.4, -0.2) is 12.4 Å². The van der Waals surface area contributed by atoms with Gasteiger partial charge in [0.25, 0.3) is 0 Å². The predicted molar refractivity (Wildman–Crippen MR) is 271 cm³/mol. The van der Waals surface area contributed by atoms with Crippen LogP contribution in [0.15, 0.2) is 101 Å². The average molecular weight is 863 g/mol. The molecule has 0 aromatic heterocycles. The first-order valence-corrected chi connectivity index (χ1v) is 22.9. The second kappa shape index (κ2) is 22.4. The van der Waals surface area contributed by atoms with E-state index < -0.39 is 11.6 Å². The average Bonchev–Trinajstić information content (AvgIpc) is 4.10. The van der Waals surface area contributed by atoms with Crippen molar-refractivity contribution in [3.8, 4) is 0 Å². The maximum Gasteiger partial charge on any atom is 0.130 e. The molecular formula is C59H69F3N2. The van der Waals surface area contributed by atoms with Gasteiger partial charge in [-0.05, 0) is 145 Å². The van der Waals surface area contributed by atoms with Crippen molar-refractivity contribution in [2.75, 3.05) is 0 Å². The van der Waals surface area contributed by atoms with Gasteiger partial charge in [-0.2, -0.15) is 0 Å². The van der Waals surface area contributed by atoms with Gasteiger partial charge in [0, 0.05) is 24.9 Å². The number of rotatable bonds is 5.